The fourth-order valence-corrected chi connectivity index (χ4v) is 2.28. The number of nitrogens with one attached hydrogen (secondary N) is 2. The average Bonchev–Trinajstić information content (AvgIpc) is 2.91. The van der Waals surface area contributed by atoms with E-state index in [1.54, 1.807) is 18.3 Å². The lowest BCUT2D eigenvalue weighted by atomic mass is 10.2. The average molecular weight is 281 g/mol. The van der Waals surface area contributed by atoms with E-state index in [1.807, 2.05) is 11.8 Å². The number of rotatable bonds is 4. The Balaban J connectivity index is 1.83. The number of carbonyl (C=O) groups excluding carboxylic acids is 2. The smallest absolute Gasteiger partial charge is 0.274 e. The van der Waals surface area contributed by atoms with Gasteiger partial charge < -0.3 is 14.8 Å². The minimum atomic E-state index is -0.444. The van der Waals surface area contributed by atoms with Gasteiger partial charge in [-0.1, -0.05) is 0 Å². The number of ether oxygens (including phenoxy) is 1. The van der Waals surface area contributed by atoms with Gasteiger partial charge in [0.05, 0.1) is 25.4 Å². The van der Waals surface area contributed by atoms with E-state index in [4.69, 9.17) is 9.84 Å². The lowest BCUT2D eigenvalue weighted by Gasteiger charge is -2.35. The van der Waals surface area contributed by atoms with Crippen LogP contribution in [0.15, 0.2) is 18.3 Å². The first-order valence-corrected chi connectivity index (χ1v) is 6.54. The molecule has 2 heterocycles. The van der Waals surface area contributed by atoms with Crippen molar-refractivity contribution in [2.45, 2.75) is 19.1 Å². The highest BCUT2D eigenvalue weighted by atomic mass is 16.5. The molecule has 0 radical (unpaired) electrons. The van der Waals surface area contributed by atoms with Gasteiger partial charge in [-0.3, -0.25) is 19.8 Å². The molecule has 0 bridgehead atoms. The van der Waals surface area contributed by atoms with Crippen molar-refractivity contribution >= 4 is 11.8 Å². The molecular weight excluding hydrogens is 262 g/mol. The maximum absolute atomic E-state index is 11.8. The van der Waals surface area contributed by atoms with Crippen LogP contribution >= 0.6 is 0 Å². The first-order valence-electron chi connectivity index (χ1n) is 6.54. The molecule has 0 spiro atoms. The van der Waals surface area contributed by atoms with Gasteiger partial charge >= 0.3 is 0 Å². The van der Waals surface area contributed by atoms with Gasteiger partial charge in [0.2, 0.25) is 5.91 Å². The Bertz CT molecular complexity index is 460. The summed E-state index contributed by atoms with van der Waals surface area (Å²) in [5.74, 6) is -0.810. The van der Waals surface area contributed by atoms with E-state index in [-0.39, 0.29) is 31.3 Å². The third-order valence-corrected chi connectivity index (χ3v) is 3.07. The molecule has 7 nitrogen and oxygen atoms in total. The maximum atomic E-state index is 11.8. The molecule has 0 aromatic carbocycles. The summed E-state index contributed by atoms with van der Waals surface area (Å²) in [4.78, 5) is 28.1. The Hall–Kier alpha value is -1.70. The second-order valence-electron chi connectivity index (χ2n) is 4.91. The SMILES string of the molecule is CC1CN(CC(=O)NC(=O)c2ccc[nH]2)CC(CO)O1. The van der Waals surface area contributed by atoms with Gasteiger partial charge in [0.25, 0.3) is 5.91 Å². The van der Waals surface area contributed by atoms with Crippen LogP contribution in [0.25, 0.3) is 0 Å². The van der Waals surface area contributed by atoms with Crippen molar-refractivity contribution in [1.29, 1.82) is 0 Å². The summed E-state index contributed by atoms with van der Waals surface area (Å²) in [7, 11) is 0. The quantitative estimate of drug-likeness (QED) is 0.682. The largest absolute Gasteiger partial charge is 0.394 e. The Kier molecular flexibility index (Phi) is 4.89. The van der Waals surface area contributed by atoms with Crippen LogP contribution < -0.4 is 5.32 Å². The Morgan fingerprint density at radius 2 is 2.35 bits per heavy atom. The van der Waals surface area contributed by atoms with E-state index in [0.717, 1.165) is 0 Å². The molecule has 2 atom stereocenters. The van der Waals surface area contributed by atoms with E-state index >= 15 is 0 Å². The van der Waals surface area contributed by atoms with Crippen molar-refractivity contribution in [2.24, 2.45) is 0 Å². The first kappa shape index (κ1) is 14.7. The molecule has 1 aromatic rings. The number of imide groups is 1. The fraction of sp³-hybridized carbons (Fsp3) is 0.538. The van der Waals surface area contributed by atoms with Crippen molar-refractivity contribution in [3.63, 3.8) is 0 Å². The monoisotopic (exact) mass is 281 g/mol. The summed E-state index contributed by atoms with van der Waals surface area (Å²) in [5, 5.41) is 11.4. The zero-order chi connectivity index (χ0) is 14.5. The van der Waals surface area contributed by atoms with E-state index in [2.05, 4.69) is 10.3 Å². The summed E-state index contributed by atoms with van der Waals surface area (Å²) in [5.41, 5.74) is 0.349. The van der Waals surface area contributed by atoms with E-state index < -0.39 is 5.91 Å². The topological polar surface area (TPSA) is 94.7 Å². The third kappa shape index (κ3) is 3.89. The van der Waals surface area contributed by atoms with Crippen LogP contribution in [0.4, 0.5) is 0 Å². The normalized spacial score (nSPS) is 23.5. The summed E-state index contributed by atoms with van der Waals surface area (Å²) < 4.78 is 5.49. The molecule has 2 rings (SSSR count). The second kappa shape index (κ2) is 6.65. The van der Waals surface area contributed by atoms with Crippen LogP contribution in [0.1, 0.15) is 17.4 Å². The van der Waals surface area contributed by atoms with Crippen LogP contribution in [0, 0.1) is 0 Å². The summed E-state index contributed by atoms with van der Waals surface area (Å²) in [6, 6.07) is 3.29. The van der Waals surface area contributed by atoms with E-state index in [9.17, 15) is 9.59 Å². The van der Waals surface area contributed by atoms with Crippen LogP contribution in [0.2, 0.25) is 0 Å². The molecule has 7 heteroatoms. The molecule has 1 aliphatic heterocycles. The highest BCUT2D eigenvalue weighted by Gasteiger charge is 2.26. The van der Waals surface area contributed by atoms with Gasteiger partial charge in [-0.25, -0.2) is 0 Å². The molecule has 0 saturated carbocycles. The van der Waals surface area contributed by atoms with Crippen molar-refractivity contribution in [2.75, 3.05) is 26.2 Å². The van der Waals surface area contributed by atoms with Gasteiger partial charge in [-0.05, 0) is 19.1 Å². The number of amides is 2. The van der Waals surface area contributed by atoms with Gasteiger partial charge in [0.1, 0.15) is 5.69 Å². The van der Waals surface area contributed by atoms with Gasteiger partial charge in [0.15, 0.2) is 0 Å². The number of aromatic amines is 1. The van der Waals surface area contributed by atoms with Crippen LogP contribution in [-0.4, -0.2) is 65.3 Å². The molecule has 1 saturated heterocycles. The van der Waals surface area contributed by atoms with Crippen molar-refractivity contribution in [3.05, 3.63) is 24.0 Å². The van der Waals surface area contributed by atoms with E-state index in [0.29, 0.717) is 18.8 Å². The van der Waals surface area contributed by atoms with Gasteiger partial charge in [-0.15, -0.1) is 0 Å². The van der Waals surface area contributed by atoms with Gasteiger partial charge in [0, 0.05) is 19.3 Å². The van der Waals surface area contributed by atoms with Crippen molar-refractivity contribution < 1.29 is 19.4 Å². The number of nitrogens with zero attached hydrogens (tertiary/aromatic N) is 1. The minimum absolute atomic E-state index is 0.0483. The number of aliphatic hydroxyl groups excluding tert-OH is 1. The number of aliphatic hydroxyl groups is 1. The lowest BCUT2D eigenvalue weighted by molar-refractivity contribution is -0.127. The molecule has 110 valence electrons. The summed E-state index contributed by atoms with van der Waals surface area (Å²) in [6.45, 7) is 2.99. The Labute approximate surface area is 116 Å². The minimum Gasteiger partial charge on any atom is -0.394 e. The molecule has 1 aromatic heterocycles. The highest BCUT2D eigenvalue weighted by Crippen LogP contribution is 2.10. The molecule has 2 unspecified atom stereocenters. The predicted molar refractivity (Wildman–Crippen MR) is 71.1 cm³/mol. The van der Waals surface area contributed by atoms with E-state index in [1.165, 1.54) is 0 Å². The summed E-state index contributed by atoms with van der Waals surface area (Å²) in [6.07, 6.45) is 1.29. The van der Waals surface area contributed by atoms with Crippen molar-refractivity contribution in [1.82, 2.24) is 15.2 Å². The Morgan fingerprint density at radius 1 is 1.55 bits per heavy atom. The first-order chi connectivity index (χ1) is 9.58. The zero-order valence-electron chi connectivity index (χ0n) is 11.3. The van der Waals surface area contributed by atoms with Gasteiger partial charge in [-0.2, -0.15) is 0 Å². The van der Waals surface area contributed by atoms with Crippen LogP contribution in [0.5, 0.6) is 0 Å². The number of morpholine rings is 1. The molecule has 1 fully saturated rings. The molecule has 2 amide bonds. The number of carbonyl (C=O) groups is 2. The Morgan fingerprint density at radius 3 is 3.00 bits per heavy atom. The number of hydrogen-bond acceptors (Lipinski definition) is 5. The third-order valence-electron chi connectivity index (χ3n) is 3.07. The highest BCUT2D eigenvalue weighted by molar-refractivity contribution is 6.04. The molecule has 0 aliphatic carbocycles. The zero-order valence-corrected chi connectivity index (χ0v) is 11.3. The standard InChI is InChI=1S/C13H19N3O4/c1-9-5-16(6-10(8-17)20-9)7-12(18)15-13(19)11-3-2-4-14-11/h2-4,9-10,14,17H,5-8H2,1H3,(H,15,18,19). The molecular formula is C13H19N3O4. The maximum Gasteiger partial charge on any atom is 0.274 e. The lowest BCUT2D eigenvalue weighted by Crippen LogP contribution is -2.51. The second-order valence-corrected chi connectivity index (χ2v) is 4.91. The van der Waals surface area contributed by atoms with Crippen LogP contribution in [-0.2, 0) is 9.53 Å². The number of H-pyrrole nitrogens is 1. The summed E-state index contributed by atoms with van der Waals surface area (Å²) >= 11 is 0. The molecule has 1 aliphatic rings. The predicted octanol–water partition coefficient (Wildman–Crippen LogP) is -0.647. The van der Waals surface area contributed by atoms with Crippen molar-refractivity contribution in [3.8, 4) is 0 Å². The fourth-order valence-electron chi connectivity index (χ4n) is 2.28. The molecule has 3 N–H and O–H groups in total. The molecule has 20 heavy (non-hydrogen) atoms. The number of hydrogen-bond donors (Lipinski definition) is 3. The number of aromatic nitrogens is 1. The van der Waals surface area contributed by atoms with Crippen LogP contribution in [0.3, 0.4) is 0 Å².